The van der Waals surface area contributed by atoms with Crippen LogP contribution < -0.4 is 4.74 Å². The Morgan fingerprint density at radius 1 is 1.42 bits per heavy atom. The van der Waals surface area contributed by atoms with Gasteiger partial charge in [0.15, 0.2) is 0 Å². The first-order valence-corrected chi connectivity index (χ1v) is 6.67. The summed E-state index contributed by atoms with van der Waals surface area (Å²) in [5.74, 6) is 0.902. The van der Waals surface area contributed by atoms with Gasteiger partial charge in [-0.05, 0) is 31.2 Å². The molecule has 0 radical (unpaired) electrons. The molecule has 4 nitrogen and oxygen atoms in total. The van der Waals surface area contributed by atoms with E-state index < -0.39 is 0 Å². The Hall–Kier alpha value is -1.10. The molecule has 4 heteroatoms. The third-order valence-corrected chi connectivity index (χ3v) is 3.67. The molecule has 0 unspecified atom stereocenters. The van der Waals surface area contributed by atoms with Crippen molar-refractivity contribution in [2.75, 3.05) is 47.1 Å². The van der Waals surface area contributed by atoms with E-state index in [4.69, 9.17) is 9.47 Å². The molecule has 0 aromatic heterocycles. The Morgan fingerprint density at radius 3 is 2.79 bits per heavy atom. The summed E-state index contributed by atoms with van der Waals surface area (Å²) in [6.45, 7) is 3.40. The number of likely N-dealkylation sites (N-methyl/N-ethyl adjacent to an activating group) is 1. The van der Waals surface area contributed by atoms with Crippen molar-refractivity contribution >= 4 is 0 Å². The largest absolute Gasteiger partial charge is 0.497 e. The number of ether oxygens (including phenoxy) is 2. The average molecular weight is 265 g/mol. The molecule has 1 aromatic rings. The third-order valence-electron chi connectivity index (χ3n) is 3.67. The predicted octanol–water partition coefficient (Wildman–Crippen LogP) is 1.18. The maximum absolute atomic E-state index is 9.42. The minimum Gasteiger partial charge on any atom is -0.497 e. The summed E-state index contributed by atoms with van der Waals surface area (Å²) in [5, 5.41) is 9.42. The van der Waals surface area contributed by atoms with Gasteiger partial charge in [0.05, 0.1) is 32.3 Å². The van der Waals surface area contributed by atoms with Gasteiger partial charge in [-0.15, -0.1) is 0 Å². The van der Waals surface area contributed by atoms with Gasteiger partial charge in [-0.2, -0.15) is 0 Å². The molecule has 0 bridgehead atoms. The van der Waals surface area contributed by atoms with E-state index in [1.165, 1.54) is 5.56 Å². The van der Waals surface area contributed by atoms with Gasteiger partial charge in [-0.3, -0.25) is 0 Å². The van der Waals surface area contributed by atoms with Crippen LogP contribution in [0, 0.1) is 5.41 Å². The number of aliphatic hydroxyl groups is 1. The van der Waals surface area contributed by atoms with Crippen LogP contribution in [0.25, 0.3) is 0 Å². The second-order valence-corrected chi connectivity index (χ2v) is 5.49. The molecule has 0 atom stereocenters. The molecule has 1 aromatic carbocycles. The van der Waals surface area contributed by atoms with Gasteiger partial charge >= 0.3 is 0 Å². The van der Waals surface area contributed by atoms with E-state index in [0.29, 0.717) is 13.2 Å². The topological polar surface area (TPSA) is 41.9 Å². The summed E-state index contributed by atoms with van der Waals surface area (Å²) in [4.78, 5) is 2.26. The van der Waals surface area contributed by atoms with E-state index in [1.54, 1.807) is 7.11 Å². The van der Waals surface area contributed by atoms with Crippen LogP contribution in [0.3, 0.4) is 0 Å². The summed E-state index contributed by atoms with van der Waals surface area (Å²) in [6, 6.07) is 8.16. The van der Waals surface area contributed by atoms with Crippen LogP contribution in [-0.2, 0) is 11.2 Å². The van der Waals surface area contributed by atoms with Crippen LogP contribution in [-0.4, -0.2) is 57.1 Å². The Labute approximate surface area is 114 Å². The molecular formula is C15H23NO3. The highest BCUT2D eigenvalue weighted by molar-refractivity contribution is 5.28. The van der Waals surface area contributed by atoms with Gasteiger partial charge in [-0.1, -0.05) is 12.1 Å². The van der Waals surface area contributed by atoms with Gasteiger partial charge in [0.1, 0.15) is 5.75 Å². The van der Waals surface area contributed by atoms with Gasteiger partial charge in [0.25, 0.3) is 0 Å². The molecule has 1 N–H and O–H groups in total. The Bertz CT molecular complexity index is 399. The zero-order valence-corrected chi connectivity index (χ0v) is 11.8. The summed E-state index contributed by atoms with van der Waals surface area (Å²) in [7, 11) is 3.78. The smallest absolute Gasteiger partial charge is 0.119 e. The van der Waals surface area contributed by atoms with Gasteiger partial charge in [-0.25, -0.2) is 0 Å². The molecule has 0 saturated carbocycles. The normalized spacial score (nSPS) is 17.3. The second-order valence-electron chi connectivity index (χ2n) is 5.49. The lowest BCUT2D eigenvalue weighted by atomic mass is 9.86. The van der Waals surface area contributed by atoms with E-state index in [1.807, 2.05) is 12.1 Å². The summed E-state index contributed by atoms with van der Waals surface area (Å²) in [6.07, 6.45) is 0.982. The van der Waals surface area contributed by atoms with Gasteiger partial charge < -0.3 is 19.5 Å². The molecule has 0 amide bonds. The maximum Gasteiger partial charge on any atom is 0.119 e. The molecule has 0 aliphatic carbocycles. The van der Waals surface area contributed by atoms with Crippen LogP contribution in [0.5, 0.6) is 5.75 Å². The van der Waals surface area contributed by atoms with Crippen molar-refractivity contribution < 1.29 is 14.6 Å². The second kappa shape index (κ2) is 6.37. The van der Waals surface area contributed by atoms with Crippen molar-refractivity contribution in [2.24, 2.45) is 5.41 Å². The first-order chi connectivity index (χ1) is 9.17. The number of benzene rings is 1. The lowest BCUT2D eigenvalue weighted by Gasteiger charge is -2.42. The third kappa shape index (κ3) is 3.69. The standard InChI is InChI=1S/C15H23NO3/c1-16(9-15(10-17)11-19-12-15)7-6-13-4-3-5-14(8-13)18-2/h3-5,8,17H,6-7,9-12H2,1-2H3. The van der Waals surface area contributed by atoms with Crippen molar-refractivity contribution in [3.05, 3.63) is 29.8 Å². The molecule has 1 fully saturated rings. The fourth-order valence-electron chi connectivity index (χ4n) is 2.42. The number of aliphatic hydroxyl groups excluding tert-OH is 1. The van der Waals surface area contributed by atoms with Gasteiger partial charge in [0, 0.05) is 13.1 Å². The van der Waals surface area contributed by atoms with E-state index in [-0.39, 0.29) is 12.0 Å². The van der Waals surface area contributed by atoms with Gasteiger partial charge in [0.2, 0.25) is 0 Å². The number of rotatable bonds is 7. The zero-order chi connectivity index (χ0) is 13.7. The zero-order valence-electron chi connectivity index (χ0n) is 11.8. The van der Waals surface area contributed by atoms with Crippen molar-refractivity contribution in [3.8, 4) is 5.75 Å². The molecule has 2 rings (SSSR count). The molecule has 1 aliphatic rings. The first-order valence-electron chi connectivity index (χ1n) is 6.67. The van der Waals surface area contributed by atoms with Crippen LogP contribution in [0.2, 0.25) is 0 Å². The van der Waals surface area contributed by atoms with Crippen LogP contribution in [0.1, 0.15) is 5.56 Å². The predicted molar refractivity (Wildman–Crippen MR) is 74.5 cm³/mol. The molecular weight excluding hydrogens is 242 g/mol. The monoisotopic (exact) mass is 265 g/mol. The minimum atomic E-state index is -0.0386. The minimum absolute atomic E-state index is 0.0386. The van der Waals surface area contributed by atoms with Crippen molar-refractivity contribution in [2.45, 2.75) is 6.42 Å². The van der Waals surface area contributed by atoms with E-state index in [2.05, 4.69) is 24.1 Å². The van der Waals surface area contributed by atoms with Crippen molar-refractivity contribution in [1.82, 2.24) is 4.90 Å². The summed E-state index contributed by atoms with van der Waals surface area (Å²) in [5.41, 5.74) is 1.23. The molecule has 1 heterocycles. The fraction of sp³-hybridized carbons (Fsp3) is 0.600. The van der Waals surface area contributed by atoms with E-state index in [9.17, 15) is 5.11 Å². The lowest BCUT2D eigenvalue weighted by molar-refractivity contribution is -0.146. The number of methoxy groups -OCH3 is 1. The molecule has 19 heavy (non-hydrogen) atoms. The molecule has 106 valence electrons. The van der Waals surface area contributed by atoms with Crippen LogP contribution in [0.4, 0.5) is 0 Å². The fourth-order valence-corrected chi connectivity index (χ4v) is 2.42. The quantitative estimate of drug-likeness (QED) is 0.804. The van der Waals surface area contributed by atoms with E-state index in [0.717, 1.165) is 25.3 Å². The molecule has 1 saturated heterocycles. The van der Waals surface area contributed by atoms with Crippen LogP contribution >= 0.6 is 0 Å². The highest BCUT2D eigenvalue weighted by Gasteiger charge is 2.38. The highest BCUT2D eigenvalue weighted by atomic mass is 16.5. The summed E-state index contributed by atoms with van der Waals surface area (Å²) >= 11 is 0. The van der Waals surface area contributed by atoms with Crippen molar-refractivity contribution in [3.63, 3.8) is 0 Å². The lowest BCUT2D eigenvalue weighted by Crippen LogP contribution is -2.52. The first kappa shape index (κ1) is 14.3. The Balaban J connectivity index is 1.81. The van der Waals surface area contributed by atoms with Crippen molar-refractivity contribution in [1.29, 1.82) is 0 Å². The Morgan fingerprint density at radius 2 is 2.21 bits per heavy atom. The van der Waals surface area contributed by atoms with Crippen LogP contribution in [0.15, 0.2) is 24.3 Å². The highest BCUT2D eigenvalue weighted by Crippen LogP contribution is 2.27. The Kier molecular flexibility index (Phi) is 4.80. The SMILES string of the molecule is COc1cccc(CCN(C)CC2(CO)COC2)c1. The molecule has 0 spiro atoms. The number of hydrogen-bond acceptors (Lipinski definition) is 4. The maximum atomic E-state index is 9.42. The number of nitrogens with zero attached hydrogens (tertiary/aromatic N) is 1. The molecule has 1 aliphatic heterocycles. The average Bonchev–Trinajstić information content (AvgIpc) is 2.41. The van der Waals surface area contributed by atoms with E-state index >= 15 is 0 Å². The number of hydrogen-bond donors (Lipinski definition) is 1. The summed E-state index contributed by atoms with van der Waals surface area (Å²) < 4.78 is 10.4.